The summed E-state index contributed by atoms with van der Waals surface area (Å²) in [6.45, 7) is 5.44. The van der Waals surface area contributed by atoms with Gasteiger partial charge in [0.2, 0.25) is 5.95 Å². The smallest absolute Gasteiger partial charge is 0.203 e. The summed E-state index contributed by atoms with van der Waals surface area (Å²) in [7, 11) is 2.09. The lowest BCUT2D eigenvalue weighted by Gasteiger charge is -2.17. The third kappa shape index (κ3) is 3.88. The van der Waals surface area contributed by atoms with Crippen molar-refractivity contribution in [3.63, 3.8) is 0 Å². The largest absolute Gasteiger partial charge is 0.345 e. The van der Waals surface area contributed by atoms with Crippen LogP contribution < -0.4 is 4.90 Å². The Bertz CT molecular complexity index is 765. The lowest BCUT2D eigenvalue weighted by molar-refractivity contribution is 0.632. The minimum absolute atomic E-state index is 0.611. The maximum absolute atomic E-state index is 4.83. The van der Waals surface area contributed by atoms with E-state index in [0.29, 0.717) is 5.92 Å². The van der Waals surface area contributed by atoms with Crippen molar-refractivity contribution in [2.24, 2.45) is 5.92 Å². The highest BCUT2D eigenvalue weighted by molar-refractivity contribution is 7.98. The average molecular weight is 325 g/mol. The molecule has 3 rings (SSSR count). The molecule has 0 fully saturated rings. The van der Waals surface area contributed by atoms with E-state index in [1.54, 1.807) is 0 Å². The quantitative estimate of drug-likeness (QED) is 0.651. The van der Waals surface area contributed by atoms with Crippen LogP contribution in [0.4, 0.5) is 5.95 Å². The Morgan fingerprint density at radius 3 is 2.61 bits per heavy atom. The molecule has 23 heavy (non-hydrogen) atoms. The molecule has 120 valence electrons. The van der Waals surface area contributed by atoms with E-state index in [4.69, 9.17) is 4.98 Å². The minimum atomic E-state index is 0.611. The Hall–Kier alpha value is -1.94. The summed E-state index contributed by atoms with van der Waals surface area (Å²) in [6, 6.07) is 16.9. The van der Waals surface area contributed by atoms with E-state index in [2.05, 4.69) is 79.3 Å². The van der Waals surface area contributed by atoms with Gasteiger partial charge in [-0.3, -0.25) is 0 Å². The van der Waals surface area contributed by atoms with Gasteiger partial charge < -0.3 is 9.88 Å². The Morgan fingerprint density at radius 1 is 1.09 bits per heavy atom. The van der Waals surface area contributed by atoms with Gasteiger partial charge in [-0.05, 0) is 23.6 Å². The van der Waals surface area contributed by atoms with Crippen LogP contribution in [-0.2, 0) is 5.75 Å². The second-order valence-corrected chi connectivity index (χ2v) is 7.28. The molecule has 0 saturated heterocycles. The number of imidazole rings is 1. The fourth-order valence-electron chi connectivity index (χ4n) is 2.66. The number of hydrogen-bond acceptors (Lipinski definition) is 3. The lowest BCUT2D eigenvalue weighted by atomic mass is 10.2. The van der Waals surface area contributed by atoms with Gasteiger partial charge in [0, 0.05) is 24.2 Å². The predicted molar refractivity (Wildman–Crippen MR) is 100 cm³/mol. The molecule has 0 aliphatic heterocycles. The molecule has 1 aromatic heterocycles. The van der Waals surface area contributed by atoms with Crippen LogP contribution in [0.3, 0.4) is 0 Å². The molecule has 0 unspecified atom stereocenters. The second kappa shape index (κ2) is 7.09. The van der Waals surface area contributed by atoms with Gasteiger partial charge in [-0.25, -0.2) is 4.98 Å². The van der Waals surface area contributed by atoms with Crippen LogP contribution in [0.2, 0.25) is 0 Å². The molecule has 0 spiro atoms. The Balaban J connectivity index is 1.82. The molecule has 2 aromatic carbocycles. The number of nitrogens with zero attached hydrogens (tertiary/aromatic N) is 2. The number of aromatic amines is 1. The molecule has 4 heteroatoms. The van der Waals surface area contributed by atoms with E-state index in [9.17, 15) is 0 Å². The van der Waals surface area contributed by atoms with Gasteiger partial charge in [0.05, 0.1) is 5.52 Å². The van der Waals surface area contributed by atoms with Crippen molar-refractivity contribution in [2.45, 2.75) is 24.5 Å². The lowest BCUT2D eigenvalue weighted by Crippen LogP contribution is -2.23. The van der Waals surface area contributed by atoms with Crippen LogP contribution in [0.15, 0.2) is 53.4 Å². The van der Waals surface area contributed by atoms with E-state index in [-0.39, 0.29) is 0 Å². The number of para-hydroxylation sites is 1. The first-order chi connectivity index (χ1) is 11.1. The van der Waals surface area contributed by atoms with Gasteiger partial charge in [-0.15, -0.1) is 11.8 Å². The highest BCUT2D eigenvalue weighted by Crippen LogP contribution is 2.30. The van der Waals surface area contributed by atoms with Crippen molar-refractivity contribution in [3.05, 3.63) is 54.1 Å². The van der Waals surface area contributed by atoms with E-state index >= 15 is 0 Å². The maximum atomic E-state index is 4.83. The van der Waals surface area contributed by atoms with Crippen LogP contribution in [0.1, 0.15) is 19.4 Å². The van der Waals surface area contributed by atoms with Crippen molar-refractivity contribution < 1.29 is 0 Å². The fraction of sp³-hybridized carbons (Fsp3) is 0.316. The zero-order valence-corrected chi connectivity index (χ0v) is 14.7. The third-order valence-corrected chi connectivity index (χ3v) is 4.82. The molecule has 1 N–H and O–H groups in total. The number of nitrogens with one attached hydrogen (secondary N) is 1. The van der Waals surface area contributed by atoms with Gasteiger partial charge in [-0.2, -0.15) is 0 Å². The maximum Gasteiger partial charge on any atom is 0.203 e. The average Bonchev–Trinajstić information content (AvgIpc) is 2.98. The number of fused-ring (bicyclic) bond motifs is 1. The summed E-state index contributed by atoms with van der Waals surface area (Å²) in [5.41, 5.74) is 3.51. The summed E-state index contributed by atoms with van der Waals surface area (Å²) in [6.07, 6.45) is 0. The van der Waals surface area contributed by atoms with Gasteiger partial charge in [0.1, 0.15) is 5.52 Å². The van der Waals surface area contributed by atoms with E-state index in [1.165, 1.54) is 10.5 Å². The second-order valence-electron chi connectivity index (χ2n) is 6.26. The third-order valence-electron chi connectivity index (χ3n) is 3.70. The molecule has 1 heterocycles. The van der Waals surface area contributed by atoms with Gasteiger partial charge in [0.25, 0.3) is 0 Å². The monoisotopic (exact) mass is 325 g/mol. The molecule has 0 radical (unpaired) electrons. The van der Waals surface area contributed by atoms with Crippen molar-refractivity contribution in [1.29, 1.82) is 0 Å². The van der Waals surface area contributed by atoms with Crippen LogP contribution in [0.5, 0.6) is 0 Å². The first-order valence-electron chi connectivity index (χ1n) is 8.00. The predicted octanol–water partition coefficient (Wildman–Crippen LogP) is 4.95. The molecule has 0 aliphatic rings. The van der Waals surface area contributed by atoms with Crippen LogP contribution >= 0.6 is 11.8 Å². The van der Waals surface area contributed by atoms with Gasteiger partial charge in [-0.1, -0.05) is 50.2 Å². The number of thioether (sulfide) groups is 1. The topological polar surface area (TPSA) is 31.9 Å². The standard InChI is InChI=1S/C19H23N3S/c1-14(2)12-22(3)19-20-16-10-7-11-17(18(16)21-19)23-13-15-8-5-4-6-9-15/h4-11,14H,12-13H2,1-3H3,(H,20,21). The summed E-state index contributed by atoms with van der Waals surface area (Å²) in [5.74, 6) is 2.52. The van der Waals surface area contributed by atoms with Crippen molar-refractivity contribution >= 4 is 28.7 Å². The molecule has 0 aliphatic carbocycles. The highest BCUT2D eigenvalue weighted by atomic mass is 32.2. The SMILES string of the molecule is CC(C)CN(C)c1nc2c(SCc3ccccc3)cccc2[nH]1. The zero-order chi connectivity index (χ0) is 16.2. The normalized spacial score (nSPS) is 11.3. The number of hydrogen-bond donors (Lipinski definition) is 1. The minimum Gasteiger partial charge on any atom is -0.345 e. The molecule has 0 amide bonds. The number of benzene rings is 2. The zero-order valence-electron chi connectivity index (χ0n) is 13.9. The molecule has 3 aromatic rings. The molecule has 0 atom stereocenters. The van der Waals surface area contributed by atoms with Crippen molar-refractivity contribution in [1.82, 2.24) is 9.97 Å². The summed E-state index contributed by atoms with van der Waals surface area (Å²) in [4.78, 5) is 11.7. The summed E-state index contributed by atoms with van der Waals surface area (Å²) in [5, 5.41) is 0. The van der Waals surface area contributed by atoms with Crippen molar-refractivity contribution in [3.8, 4) is 0 Å². The molecular weight excluding hydrogens is 302 g/mol. The number of rotatable bonds is 6. The molecule has 0 saturated carbocycles. The van der Waals surface area contributed by atoms with Crippen molar-refractivity contribution in [2.75, 3.05) is 18.5 Å². The van der Waals surface area contributed by atoms with E-state index in [1.807, 2.05) is 11.8 Å². The van der Waals surface area contributed by atoms with Crippen LogP contribution in [0, 0.1) is 5.92 Å². The van der Waals surface area contributed by atoms with Gasteiger partial charge in [0.15, 0.2) is 0 Å². The molecular formula is C19H23N3S. The number of aromatic nitrogens is 2. The summed E-state index contributed by atoms with van der Waals surface area (Å²) >= 11 is 1.84. The van der Waals surface area contributed by atoms with E-state index < -0.39 is 0 Å². The number of H-pyrrole nitrogens is 1. The highest BCUT2D eigenvalue weighted by Gasteiger charge is 2.11. The molecule has 3 nitrogen and oxygen atoms in total. The fourth-order valence-corrected chi connectivity index (χ4v) is 3.64. The Morgan fingerprint density at radius 2 is 1.87 bits per heavy atom. The summed E-state index contributed by atoms with van der Waals surface area (Å²) < 4.78 is 0. The Kier molecular flexibility index (Phi) is 4.91. The van der Waals surface area contributed by atoms with E-state index in [0.717, 1.165) is 29.3 Å². The Labute approximate surface area is 142 Å². The first-order valence-corrected chi connectivity index (χ1v) is 8.98. The van der Waals surface area contributed by atoms with Crippen LogP contribution in [-0.4, -0.2) is 23.6 Å². The molecule has 0 bridgehead atoms. The van der Waals surface area contributed by atoms with Crippen LogP contribution in [0.25, 0.3) is 11.0 Å². The first kappa shape index (κ1) is 15.9. The van der Waals surface area contributed by atoms with Gasteiger partial charge >= 0.3 is 0 Å². The number of anilines is 1.